The Balaban J connectivity index is 5.92. The number of amides is 2. The second-order valence-electron chi connectivity index (χ2n) is 11.8. The van der Waals surface area contributed by atoms with Crippen molar-refractivity contribution in [3.05, 3.63) is 0 Å². The van der Waals surface area contributed by atoms with Crippen molar-refractivity contribution in [2.45, 2.75) is 132 Å². The molecule has 6 nitrogen and oxygen atoms in total. The molecule has 0 unspecified atom stereocenters. The number of carbonyl (C=O) groups excluding carboxylic acids is 2. The zero-order valence-electron chi connectivity index (χ0n) is 22.2. The molecule has 184 valence electrons. The van der Waals surface area contributed by atoms with Crippen LogP contribution in [0.15, 0.2) is 0 Å². The molecule has 0 aromatic carbocycles. The normalized spacial score (nSPS) is 15.9. The number of hydrogen-bond donors (Lipinski definition) is 4. The van der Waals surface area contributed by atoms with E-state index in [4.69, 9.17) is 0 Å². The summed E-state index contributed by atoms with van der Waals surface area (Å²) in [6.07, 6.45) is 1.96. The summed E-state index contributed by atoms with van der Waals surface area (Å²) in [5, 5.41) is 28.3. The van der Waals surface area contributed by atoms with E-state index < -0.39 is 51.3 Å². The summed E-state index contributed by atoms with van der Waals surface area (Å²) in [5.41, 5.74) is -4.32. The number of nitrogens with one attached hydrogen (secondary N) is 2. The van der Waals surface area contributed by atoms with Gasteiger partial charge in [-0.3, -0.25) is 9.59 Å². The van der Waals surface area contributed by atoms with E-state index in [0.29, 0.717) is 25.7 Å². The predicted molar refractivity (Wildman–Crippen MR) is 128 cm³/mol. The molecule has 31 heavy (non-hydrogen) atoms. The van der Waals surface area contributed by atoms with Crippen LogP contribution in [0.5, 0.6) is 0 Å². The summed E-state index contributed by atoms with van der Waals surface area (Å²) in [5.74, 6) is -0.871. The van der Waals surface area contributed by atoms with Crippen molar-refractivity contribution >= 4 is 11.8 Å². The maximum Gasteiger partial charge on any atom is 0.235 e. The van der Waals surface area contributed by atoms with Crippen LogP contribution < -0.4 is 10.6 Å². The Morgan fingerprint density at radius 3 is 1.00 bits per heavy atom. The van der Waals surface area contributed by atoms with E-state index in [-0.39, 0.29) is 0 Å². The first-order valence-corrected chi connectivity index (χ1v) is 11.8. The smallest absolute Gasteiger partial charge is 0.235 e. The van der Waals surface area contributed by atoms with E-state index in [9.17, 15) is 19.8 Å². The van der Waals surface area contributed by atoms with Gasteiger partial charge in [-0.05, 0) is 50.4 Å². The molecule has 0 aliphatic rings. The topological polar surface area (TPSA) is 98.7 Å². The van der Waals surface area contributed by atoms with Crippen LogP contribution in [0.4, 0.5) is 0 Å². The number of rotatable bonds is 10. The molecule has 0 saturated heterocycles. The fraction of sp³-hybridized carbons (Fsp3) is 0.920. The Morgan fingerprint density at radius 1 is 0.613 bits per heavy atom. The highest BCUT2D eigenvalue weighted by Crippen LogP contribution is 2.35. The van der Waals surface area contributed by atoms with Gasteiger partial charge in [0, 0.05) is 0 Å². The second kappa shape index (κ2) is 10.2. The molecule has 0 aromatic rings. The fourth-order valence-electron chi connectivity index (χ4n) is 4.36. The lowest BCUT2D eigenvalue weighted by Crippen LogP contribution is -2.64. The molecule has 2 amide bonds. The van der Waals surface area contributed by atoms with E-state index in [1.54, 1.807) is 13.8 Å². The minimum Gasteiger partial charge on any atom is -0.388 e. The third kappa shape index (κ3) is 6.92. The van der Waals surface area contributed by atoms with Crippen LogP contribution in [0.25, 0.3) is 0 Å². The lowest BCUT2D eigenvalue weighted by molar-refractivity contribution is -0.148. The van der Waals surface area contributed by atoms with Crippen molar-refractivity contribution < 1.29 is 19.8 Å². The van der Waals surface area contributed by atoms with Gasteiger partial charge in [-0.15, -0.1) is 0 Å². The highest BCUT2D eigenvalue weighted by Gasteiger charge is 2.48. The van der Waals surface area contributed by atoms with E-state index in [1.165, 1.54) is 0 Å². The minimum absolute atomic E-state index is 0.401. The molecule has 0 spiro atoms. The van der Waals surface area contributed by atoms with Gasteiger partial charge < -0.3 is 20.8 Å². The Bertz CT molecular complexity index is 554. The van der Waals surface area contributed by atoms with Gasteiger partial charge >= 0.3 is 0 Å². The highest BCUT2D eigenvalue weighted by molar-refractivity contribution is 6.04. The van der Waals surface area contributed by atoms with Crippen molar-refractivity contribution in [1.29, 1.82) is 0 Å². The van der Waals surface area contributed by atoms with Crippen LogP contribution in [-0.4, -0.2) is 45.3 Å². The van der Waals surface area contributed by atoms with Gasteiger partial charge in [-0.2, -0.15) is 0 Å². The standard InChI is InChI=1S/C25H50N2O4/c1-13-24(30,14-2)17(21(5,6)7)26-19(28)23(11,12)20(29)27-18(22(8,9)10)25(31,15-3)16-4/h17-18,30-31H,13-16H2,1-12H3,(H,26,28)(H,27,29)/t17-,18-/m1/s1. The molecule has 0 saturated carbocycles. The maximum absolute atomic E-state index is 13.3. The maximum atomic E-state index is 13.3. The Hall–Kier alpha value is -1.14. The lowest BCUT2D eigenvalue weighted by Gasteiger charge is -2.45. The van der Waals surface area contributed by atoms with Crippen LogP contribution in [-0.2, 0) is 9.59 Å². The fourth-order valence-corrected chi connectivity index (χ4v) is 4.36. The zero-order valence-corrected chi connectivity index (χ0v) is 22.2. The average Bonchev–Trinajstić information content (AvgIpc) is 2.66. The summed E-state index contributed by atoms with van der Waals surface area (Å²) >= 11 is 0. The van der Waals surface area contributed by atoms with Gasteiger partial charge in [0.15, 0.2) is 0 Å². The molecule has 0 aromatic heterocycles. The number of hydrogen-bond acceptors (Lipinski definition) is 4. The van der Waals surface area contributed by atoms with Gasteiger partial charge in [0.1, 0.15) is 5.41 Å². The van der Waals surface area contributed by atoms with Crippen LogP contribution in [0.3, 0.4) is 0 Å². The van der Waals surface area contributed by atoms with Crippen LogP contribution in [0.2, 0.25) is 0 Å². The Labute approximate surface area is 191 Å². The molecule has 0 fully saturated rings. The molecule has 0 rings (SSSR count). The number of aliphatic hydroxyl groups is 2. The van der Waals surface area contributed by atoms with E-state index in [2.05, 4.69) is 10.6 Å². The van der Waals surface area contributed by atoms with E-state index in [1.807, 2.05) is 69.2 Å². The molecule has 0 aliphatic heterocycles. The Kier molecular flexibility index (Phi) is 9.83. The van der Waals surface area contributed by atoms with Crippen molar-refractivity contribution in [3.8, 4) is 0 Å². The number of carbonyl (C=O) groups is 2. The van der Waals surface area contributed by atoms with Crippen molar-refractivity contribution in [2.75, 3.05) is 0 Å². The molecule has 0 heterocycles. The van der Waals surface area contributed by atoms with Gasteiger partial charge in [0.25, 0.3) is 0 Å². The van der Waals surface area contributed by atoms with Crippen molar-refractivity contribution in [2.24, 2.45) is 16.2 Å². The molecule has 2 atom stereocenters. The predicted octanol–water partition coefficient (Wildman–Crippen LogP) is 4.18. The summed E-state index contributed by atoms with van der Waals surface area (Å²) in [6, 6.07) is -1.03. The van der Waals surface area contributed by atoms with Gasteiger partial charge in [-0.25, -0.2) is 0 Å². The summed E-state index contributed by atoms with van der Waals surface area (Å²) < 4.78 is 0. The highest BCUT2D eigenvalue weighted by atomic mass is 16.3. The van der Waals surface area contributed by atoms with E-state index >= 15 is 0 Å². The quantitative estimate of drug-likeness (QED) is 0.382. The SMILES string of the molecule is CCC(O)(CC)[C@H](NC(=O)C(C)(C)C(=O)N[C@H](C(C)(C)C)C(O)(CC)CC)C(C)(C)C. The summed E-state index contributed by atoms with van der Waals surface area (Å²) in [7, 11) is 0. The molecule has 4 N–H and O–H groups in total. The van der Waals surface area contributed by atoms with Gasteiger partial charge in [-0.1, -0.05) is 69.2 Å². The lowest BCUT2D eigenvalue weighted by atomic mass is 9.72. The molecular formula is C25H50N2O4. The molecule has 0 bridgehead atoms. The minimum atomic E-state index is -1.38. The van der Waals surface area contributed by atoms with Gasteiger partial charge in [0.05, 0.1) is 23.3 Å². The van der Waals surface area contributed by atoms with E-state index in [0.717, 1.165) is 0 Å². The molecule has 6 heteroatoms. The van der Waals surface area contributed by atoms with Crippen LogP contribution in [0, 0.1) is 16.2 Å². The van der Waals surface area contributed by atoms with Crippen LogP contribution >= 0.6 is 0 Å². The molecule has 0 aliphatic carbocycles. The largest absolute Gasteiger partial charge is 0.388 e. The third-order valence-corrected chi connectivity index (χ3v) is 6.94. The summed E-state index contributed by atoms with van der Waals surface area (Å²) in [4.78, 5) is 26.6. The third-order valence-electron chi connectivity index (χ3n) is 6.94. The zero-order chi connectivity index (χ0) is 25.1. The average molecular weight is 443 g/mol. The second-order valence-corrected chi connectivity index (χ2v) is 11.8. The first-order valence-electron chi connectivity index (χ1n) is 11.8. The van der Waals surface area contributed by atoms with Crippen LogP contribution in [0.1, 0.15) is 109 Å². The first kappa shape index (κ1) is 29.9. The summed E-state index contributed by atoms with van der Waals surface area (Å²) in [6.45, 7) is 22.6. The van der Waals surface area contributed by atoms with Gasteiger partial charge in [0.2, 0.25) is 11.8 Å². The molecule has 0 radical (unpaired) electrons. The monoisotopic (exact) mass is 442 g/mol. The Morgan fingerprint density at radius 2 is 0.839 bits per heavy atom. The van der Waals surface area contributed by atoms with Crippen molar-refractivity contribution in [1.82, 2.24) is 10.6 Å². The van der Waals surface area contributed by atoms with Crippen molar-refractivity contribution in [3.63, 3.8) is 0 Å². The molecular weight excluding hydrogens is 392 g/mol. The first-order chi connectivity index (χ1) is 13.8.